The standard InChI is InChI=1S/C18H16ClNO2S/c1-3-22-15-9-8-12(11-16(15)21-2)10-13(19)18-20-14-6-4-5-7-17(14)23-18/h4-11H,3H2,1-2H3/b13-10-. The maximum absolute atomic E-state index is 6.45. The Morgan fingerprint density at radius 2 is 2.04 bits per heavy atom. The Balaban J connectivity index is 1.93. The van der Waals surface area contributed by atoms with Gasteiger partial charge in [-0.3, -0.25) is 0 Å². The minimum absolute atomic E-state index is 0.595. The molecule has 0 N–H and O–H groups in total. The van der Waals surface area contributed by atoms with E-state index in [-0.39, 0.29) is 0 Å². The van der Waals surface area contributed by atoms with Crippen molar-refractivity contribution in [2.24, 2.45) is 0 Å². The Bertz CT molecular complexity index is 824. The zero-order chi connectivity index (χ0) is 16.2. The quantitative estimate of drug-likeness (QED) is 0.617. The molecule has 0 saturated carbocycles. The second-order valence-corrected chi connectivity index (χ2v) is 6.26. The molecule has 0 saturated heterocycles. The van der Waals surface area contributed by atoms with Crippen LogP contribution in [0.3, 0.4) is 0 Å². The van der Waals surface area contributed by atoms with Crippen LogP contribution < -0.4 is 9.47 Å². The molecule has 0 amide bonds. The molecule has 2 aromatic carbocycles. The number of para-hydroxylation sites is 1. The molecule has 0 fully saturated rings. The van der Waals surface area contributed by atoms with E-state index in [1.807, 2.05) is 55.5 Å². The van der Waals surface area contributed by atoms with Gasteiger partial charge in [-0.25, -0.2) is 4.98 Å². The van der Waals surface area contributed by atoms with Crippen molar-refractivity contribution in [1.29, 1.82) is 0 Å². The number of fused-ring (bicyclic) bond motifs is 1. The van der Waals surface area contributed by atoms with Crippen LogP contribution in [-0.2, 0) is 0 Å². The Morgan fingerprint density at radius 1 is 1.22 bits per heavy atom. The summed E-state index contributed by atoms with van der Waals surface area (Å²) in [6, 6.07) is 13.7. The molecule has 5 heteroatoms. The molecule has 0 unspecified atom stereocenters. The van der Waals surface area contributed by atoms with Crippen molar-refractivity contribution in [3.63, 3.8) is 0 Å². The van der Waals surface area contributed by atoms with Gasteiger partial charge in [-0.2, -0.15) is 0 Å². The molecular formula is C18H16ClNO2S. The first-order chi connectivity index (χ1) is 11.2. The van der Waals surface area contributed by atoms with Crippen molar-refractivity contribution in [2.75, 3.05) is 13.7 Å². The number of hydrogen-bond acceptors (Lipinski definition) is 4. The fourth-order valence-electron chi connectivity index (χ4n) is 2.23. The highest BCUT2D eigenvalue weighted by Crippen LogP contribution is 2.33. The zero-order valence-corrected chi connectivity index (χ0v) is 14.4. The normalized spacial score (nSPS) is 11.7. The van der Waals surface area contributed by atoms with E-state index in [9.17, 15) is 0 Å². The van der Waals surface area contributed by atoms with E-state index in [0.717, 1.165) is 26.5 Å². The highest BCUT2D eigenvalue weighted by Gasteiger charge is 2.08. The van der Waals surface area contributed by atoms with E-state index < -0.39 is 0 Å². The summed E-state index contributed by atoms with van der Waals surface area (Å²) < 4.78 is 12.0. The topological polar surface area (TPSA) is 31.4 Å². The Kier molecular flexibility index (Phi) is 4.84. The maximum Gasteiger partial charge on any atom is 0.161 e. The van der Waals surface area contributed by atoms with Gasteiger partial charge in [-0.15, -0.1) is 11.3 Å². The number of methoxy groups -OCH3 is 1. The summed E-state index contributed by atoms with van der Waals surface area (Å²) in [5.74, 6) is 1.41. The molecule has 0 aliphatic heterocycles. The molecule has 3 nitrogen and oxygen atoms in total. The lowest BCUT2D eigenvalue weighted by Crippen LogP contribution is -1.95. The highest BCUT2D eigenvalue weighted by atomic mass is 35.5. The first kappa shape index (κ1) is 15.8. The predicted molar refractivity (Wildman–Crippen MR) is 97.5 cm³/mol. The molecule has 3 aromatic rings. The molecule has 1 heterocycles. The lowest BCUT2D eigenvalue weighted by Gasteiger charge is -2.09. The minimum atomic E-state index is 0.595. The lowest BCUT2D eigenvalue weighted by molar-refractivity contribution is 0.311. The van der Waals surface area contributed by atoms with Gasteiger partial charge in [0.25, 0.3) is 0 Å². The van der Waals surface area contributed by atoms with E-state index in [2.05, 4.69) is 4.98 Å². The van der Waals surface area contributed by atoms with Gasteiger partial charge in [0.05, 0.1) is 29.0 Å². The number of thiazole rings is 1. The van der Waals surface area contributed by atoms with E-state index in [1.54, 1.807) is 18.4 Å². The van der Waals surface area contributed by atoms with Gasteiger partial charge in [0.1, 0.15) is 5.01 Å². The van der Waals surface area contributed by atoms with Gasteiger partial charge >= 0.3 is 0 Å². The molecule has 23 heavy (non-hydrogen) atoms. The van der Waals surface area contributed by atoms with Crippen LogP contribution in [0.5, 0.6) is 11.5 Å². The summed E-state index contributed by atoms with van der Waals surface area (Å²) in [5, 5.41) is 1.41. The van der Waals surface area contributed by atoms with E-state index >= 15 is 0 Å². The van der Waals surface area contributed by atoms with Gasteiger partial charge in [-0.05, 0) is 42.8 Å². The summed E-state index contributed by atoms with van der Waals surface area (Å²) in [7, 11) is 1.63. The Hall–Kier alpha value is -2.04. The van der Waals surface area contributed by atoms with Gasteiger partial charge in [0.2, 0.25) is 0 Å². The Morgan fingerprint density at radius 3 is 2.78 bits per heavy atom. The molecule has 1 aromatic heterocycles. The number of aromatic nitrogens is 1. The van der Waals surface area contributed by atoms with Crippen molar-refractivity contribution >= 4 is 44.3 Å². The smallest absolute Gasteiger partial charge is 0.161 e. The van der Waals surface area contributed by atoms with Crippen LogP contribution in [0.25, 0.3) is 21.3 Å². The molecular weight excluding hydrogens is 330 g/mol. The first-order valence-corrected chi connectivity index (χ1v) is 8.44. The summed E-state index contributed by atoms with van der Waals surface area (Å²) in [5.41, 5.74) is 1.90. The lowest BCUT2D eigenvalue weighted by atomic mass is 10.2. The molecule has 0 spiro atoms. The summed E-state index contributed by atoms with van der Waals surface area (Å²) >= 11 is 8.02. The van der Waals surface area contributed by atoms with Crippen LogP contribution in [0, 0.1) is 0 Å². The van der Waals surface area contributed by atoms with Crippen molar-refractivity contribution < 1.29 is 9.47 Å². The molecule has 0 radical (unpaired) electrons. The SMILES string of the molecule is CCOc1ccc(/C=C(\Cl)c2nc3ccccc3s2)cc1OC. The largest absolute Gasteiger partial charge is 0.493 e. The van der Waals surface area contributed by atoms with Crippen LogP contribution in [0.2, 0.25) is 0 Å². The number of ether oxygens (including phenoxy) is 2. The highest BCUT2D eigenvalue weighted by molar-refractivity contribution is 7.20. The van der Waals surface area contributed by atoms with Crippen LogP contribution >= 0.6 is 22.9 Å². The molecule has 0 aliphatic carbocycles. The fourth-order valence-corrected chi connectivity index (χ4v) is 3.39. The third-order valence-corrected chi connectivity index (χ3v) is 4.75. The molecule has 3 rings (SSSR count). The zero-order valence-electron chi connectivity index (χ0n) is 12.9. The van der Waals surface area contributed by atoms with Crippen LogP contribution in [0.4, 0.5) is 0 Å². The molecule has 0 atom stereocenters. The van der Waals surface area contributed by atoms with Crippen LogP contribution in [-0.4, -0.2) is 18.7 Å². The number of benzene rings is 2. The van der Waals surface area contributed by atoms with Crippen LogP contribution in [0.15, 0.2) is 42.5 Å². The van der Waals surface area contributed by atoms with Gasteiger partial charge in [0, 0.05) is 0 Å². The predicted octanol–water partition coefficient (Wildman–Crippen LogP) is 5.44. The summed E-state index contributed by atoms with van der Waals surface area (Å²) in [4.78, 5) is 4.56. The monoisotopic (exact) mass is 345 g/mol. The van der Waals surface area contributed by atoms with E-state index in [4.69, 9.17) is 21.1 Å². The van der Waals surface area contributed by atoms with Crippen molar-refractivity contribution in [3.05, 3.63) is 53.0 Å². The van der Waals surface area contributed by atoms with E-state index in [1.165, 1.54) is 0 Å². The number of hydrogen-bond donors (Lipinski definition) is 0. The van der Waals surface area contributed by atoms with Crippen molar-refractivity contribution in [2.45, 2.75) is 6.92 Å². The number of nitrogens with zero attached hydrogens (tertiary/aromatic N) is 1. The second kappa shape index (κ2) is 7.02. The molecule has 118 valence electrons. The third kappa shape index (κ3) is 3.49. The summed E-state index contributed by atoms with van der Waals surface area (Å²) in [6.07, 6.45) is 1.89. The third-order valence-electron chi connectivity index (χ3n) is 3.28. The summed E-state index contributed by atoms with van der Waals surface area (Å²) in [6.45, 7) is 2.54. The first-order valence-electron chi connectivity index (χ1n) is 7.25. The van der Waals surface area contributed by atoms with Gasteiger partial charge in [0.15, 0.2) is 11.5 Å². The molecule has 0 bridgehead atoms. The average molecular weight is 346 g/mol. The Labute approximate surface area is 144 Å². The average Bonchev–Trinajstić information content (AvgIpc) is 3.00. The minimum Gasteiger partial charge on any atom is -0.493 e. The van der Waals surface area contributed by atoms with E-state index in [0.29, 0.717) is 17.4 Å². The van der Waals surface area contributed by atoms with Crippen molar-refractivity contribution in [3.8, 4) is 11.5 Å². The number of rotatable bonds is 5. The second-order valence-electron chi connectivity index (χ2n) is 4.82. The van der Waals surface area contributed by atoms with Gasteiger partial charge < -0.3 is 9.47 Å². The maximum atomic E-state index is 6.45. The van der Waals surface area contributed by atoms with Gasteiger partial charge in [-0.1, -0.05) is 29.8 Å². The number of halogens is 1. The fraction of sp³-hybridized carbons (Fsp3) is 0.167. The molecule has 0 aliphatic rings. The van der Waals surface area contributed by atoms with Crippen molar-refractivity contribution in [1.82, 2.24) is 4.98 Å². The van der Waals surface area contributed by atoms with Crippen LogP contribution in [0.1, 0.15) is 17.5 Å².